The van der Waals surface area contributed by atoms with Crippen molar-refractivity contribution >= 4 is 25.9 Å². The van der Waals surface area contributed by atoms with Crippen molar-refractivity contribution in [2.45, 2.75) is 42.6 Å². The van der Waals surface area contributed by atoms with Crippen LogP contribution in [0.5, 0.6) is 5.75 Å². The Hall–Kier alpha value is -3.25. The molecule has 0 amide bonds. The molecule has 3 aromatic rings. The number of hydrogen-bond donors (Lipinski definition) is 0. The van der Waals surface area contributed by atoms with Gasteiger partial charge in [-0.25, -0.2) is 8.42 Å². The van der Waals surface area contributed by atoms with Crippen LogP contribution in [0.25, 0.3) is 0 Å². The second-order valence-electron chi connectivity index (χ2n) is 10.5. The van der Waals surface area contributed by atoms with Crippen LogP contribution >= 0.6 is 0 Å². The summed E-state index contributed by atoms with van der Waals surface area (Å²) in [6, 6.07) is 20.6. The van der Waals surface area contributed by atoms with Crippen molar-refractivity contribution in [1.82, 2.24) is 14.1 Å². The first-order chi connectivity index (χ1) is 19.6. The predicted molar refractivity (Wildman–Crippen MR) is 159 cm³/mol. The third-order valence-corrected chi connectivity index (χ3v) is 10.8. The number of nitrogens with zero attached hydrogens (tertiary/aromatic N) is 4. The number of hydrogen-bond acceptors (Lipinski definition) is 6. The Morgan fingerprint density at radius 2 is 1.34 bits per heavy atom. The van der Waals surface area contributed by atoms with E-state index in [9.17, 15) is 16.8 Å². The summed E-state index contributed by atoms with van der Waals surface area (Å²) in [5, 5.41) is 0. The highest BCUT2D eigenvalue weighted by atomic mass is 32.2. The number of methoxy groups -OCH3 is 1. The molecule has 1 atom stereocenters. The summed E-state index contributed by atoms with van der Waals surface area (Å²) in [5.41, 5.74) is 2.60. The summed E-state index contributed by atoms with van der Waals surface area (Å²) >= 11 is 0. The fourth-order valence-electron chi connectivity index (χ4n) is 5.31. The number of rotatable bonds is 8. The molecule has 0 radical (unpaired) electrons. The van der Waals surface area contributed by atoms with Crippen molar-refractivity contribution in [2.24, 2.45) is 4.40 Å². The van der Waals surface area contributed by atoms with E-state index in [0.717, 1.165) is 37.1 Å². The standard InChI is InChI=1S/C30H36N4O5S2/c1-23-6-14-27(15-7-23)40(35,36)31-29(22-32-18-4-5-19-32)33-20-21-34(30(33)25-10-12-26(39-3)13-11-25)41(37,38)28-16-8-24(2)9-17-28/h6-17,30H,4-5,18-22H2,1-3H3/t30-/m1/s1. The van der Waals surface area contributed by atoms with Crippen LogP contribution in [0.1, 0.15) is 35.7 Å². The van der Waals surface area contributed by atoms with Crippen LogP contribution in [0.15, 0.2) is 87.0 Å². The quantitative estimate of drug-likeness (QED) is 0.284. The van der Waals surface area contributed by atoms with Gasteiger partial charge in [0.25, 0.3) is 10.0 Å². The highest BCUT2D eigenvalue weighted by Gasteiger charge is 2.43. The van der Waals surface area contributed by atoms with Gasteiger partial charge in [-0.15, -0.1) is 4.40 Å². The monoisotopic (exact) mass is 596 g/mol. The van der Waals surface area contributed by atoms with E-state index < -0.39 is 26.2 Å². The van der Waals surface area contributed by atoms with Crippen molar-refractivity contribution in [3.05, 3.63) is 89.5 Å². The topological polar surface area (TPSA) is 99.6 Å². The van der Waals surface area contributed by atoms with Crippen LogP contribution in [0.4, 0.5) is 0 Å². The lowest BCUT2D eigenvalue weighted by Gasteiger charge is -2.33. The molecule has 2 heterocycles. The Morgan fingerprint density at radius 3 is 1.90 bits per heavy atom. The minimum atomic E-state index is -4.05. The Kier molecular flexibility index (Phi) is 8.51. The Balaban J connectivity index is 1.61. The zero-order valence-corrected chi connectivity index (χ0v) is 25.2. The van der Waals surface area contributed by atoms with Crippen molar-refractivity contribution in [2.75, 3.05) is 39.8 Å². The molecule has 0 unspecified atom stereocenters. The SMILES string of the molecule is COc1ccc([C@@H]2N(C(CN3CCCC3)=NS(=O)(=O)c3ccc(C)cc3)CCN2S(=O)(=O)c2ccc(C)cc2)cc1. The highest BCUT2D eigenvalue weighted by Crippen LogP contribution is 2.36. The summed E-state index contributed by atoms with van der Waals surface area (Å²) in [6.45, 7) is 6.23. The van der Waals surface area contributed by atoms with Crippen LogP contribution in [-0.4, -0.2) is 76.6 Å². The lowest BCUT2D eigenvalue weighted by atomic mass is 10.1. The first-order valence-corrected chi connectivity index (χ1v) is 16.6. The average molecular weight is 597 g/mol. The van der Waals surface area contributed by atoms with Gasteiger partial charge in [0.2, 0.25) is 10.0 Å². The average Bonchev–Trinajstić information content (AvgIpc) is 3.64. The number of aryl methyl sites for hydroxylation is 2. The van der Waals surface area contributed by atoms with Crippen molar-refractivity contribution in [3.8, 4) is 5.75 Å². The summed E-state index contributed by atoms with van der Waals surface area (Å²) in [4.78, 5) is 4.30. The first-order valence-electron chi connectivity index (χ1n) is 13.7. The largest absolute Gasteiger partial charge is 0.497 e. The third-order valence-electron chi connectivity index (χ3n) is 7.61. The van der Waals surface area contributed by atoms with Crippen molar-refractivity contribution in [3.63, 3.8) is 0 Å². The number of benzene rings is 3. The molecule has 0 saturated carbocycles. The van der Waals surface area contributed by atoms with Gasteiger partial charge in [-0.05, 0) is 81.7 Å². The van der Waals surface area contributed by atoms with Gasteiger partial charge < -0.3 is 9.64 Å². The van der Waals surface area contributed by atoms with Gasteiger partial charge >= 0.3 is 0 Å². The lowest BCUT2D eigenvalue weighted by Crippen LogP contribution is -2.42. The van der Waals surface area contributed by atoms with E-state index >= 15 is 0 Å². The minimum absolute atomic E-state index is 0.103. The molecule has 3 aromatic carbocycles. The van der Waals surface area contributed by atoms with Crippen LogP contribution in [0, 0.1) is 13.8 Å². The maximum absolute atomic E-state index is 14.0. The Bertz CT molecular complexity index is 1600. The van der Waals surface area contributed by atoms with Gasteiger partial charge in [0.15, 0.2) is 0 Å². The molecule has 9 nitrogen and oxygen atoms in total. The first kappa shape index (κ1) is 29.2. The molecule has 2 aliphatic heterocycles. The maximum atomic E-state index is 14.0. The third kappa shape index (κ3) is 6.33. The highest BCUT2D eigenvalue weighted by molar-refractivity contribution is 7.90. The van der Waals surface area contributed by atoms with E-state index in [-0.39, 0.29) is 22.9 Å². The molecule has 2 aliphatic rings. The van der Waals surface area contributed by atoms with Crippen LogP contribution < -0.4 is 4.74 Å². The van der Waals surface area contributed by atoms with Gasteiger partial charge in [0, 0.05) is 13.1 Å². The van der Waals surface area contributed by atoms with E-state index in [1.165, 1.54) is 4.31 Å². The number of amidine groups is 1. The normalized spacial score (nSPS) is 19.1. The molecule has 11 heteroatoms. The number of sulfonamides is 2. The second-order valence-corrected chi connectivity index (χ2v) is 14.0. The van der Waals surface area contributed by atoms with Crippen LogP contribution in [-0.2, 0) is 20.0 Å². The summed E-state index contributed by atoms with van der Waals surface area (Å²) in [6.07, 6.45) is 1.25. The molecule has 0 spiro atoms. The van der Waals surface area contributed by atoms with E-state index in [0.29, 0.717) is 23.7 Å². The van der Waals surface area contributed by atoms with Crippen LogP contribution in [0.2, 0.25) is 0 Å². The van der Waals surface area contributed by atoms with Crippen LogP contribution in [0.3, 0.4) is 0 Å². The summed E-state index contributed by atoms with van der Waals surface area (Å²) < 4.78 is 66.3. The zero-order valence-electron chi connectivity index (χ0n) is 23.6. The molecule has 41 heavy (non-hydrogen) atoms. The molecule has 2 fully saturated rings. The fourth-order valence-corrected chi connectivity index (χ4v) is 7.91. The summed E-state index contributed by atoms with van der Waals surface area (Å²) in [7, 11) is -6.40. The van der Waals surface area contributed by atoms with Gasteiger partial charge in [-0.3, -0.25) is 4.90 Å². The zero-order chi connectivity index (χ0) is 29.2. The Labute approximate surface area is 243 Å². The second kappa shape index (κ2) is 11.9. The maximum Gasteiger partial charge on any atom is 0.283 e. The predicted octanol–water partition coefficient (Wildman–Crippen LogP) is 4.20. The summed E-state index contributed by atoms with van der Waals surface area (Å²) in [5.74, 6) is 0.967. The van der Waals surface area contributed by atoms with E-state index in [1.807, 2.05) is 30.9 Å². The molecule has 0 aliphatic carbocycles. The van der Waals surface area contributed by atoms with Gasteiger partial charge in [0.1, 0.15) is 17.8 Å². The lowest BCUT2D eigenvalue weighted by molar-refractivity contribution is 0.271. The Morgan fingerprint density at radius 1 is 0.780 bits per heavy atom. The molecular weight excluding hydrogens is 560 g/mol. The molecule has 0 bridgehead atoms. The van der Waals surface area contributed by atoms with Gasteiger partial charge in [-0.1, -0.05) is 47.5 Å². The molecule has 0 N–H and O–H groups in total. The molecule has 2 saturated heterocycles. The van der Waals surface area contributed by atoms with E-state index in [4.69, 9.17) is 4.74 Å². The smallest absolute Gasteiger partial charge is 0.283 e. The fraction of sp³-hybridized carbons (Fsp3) is 0.367. The minimum Gasteiger partial charge on any atom is -0.497 e. The molecule has 218 valence electrons. The molecule has 0 aromatic heterocycles. The van der Waals surface area contributed by atoms with Gasteiger partial charge in [-0.2, -0.15) is 12.7 Å². The van der Waals surface area contributed by atoms with E-state index in [2.05, 4.69) is 9.30 Å². The van der Waals surface area contributed by atoms with E-state index in [1.54, 1.807) is 67.8 Å². The number of ether oxygens (including phenoxy) is 1. The molecule has 5 rings (SSSR count). The van der Waals surface area contributed by atoms with Crippen molar-refractivity contribution in [1.29, 1.82) is 0 Å². The van der Waals surface area contributed by atoms with Gasteiger partial charge in [0.05, 0.1) is 23.4 Å². The number of likely N-dealkylation sites (tertiary alicyclic amines) is 1. The van der Waals surface area contributed by atoms with Crippen molar-refractivity contribution < 1.29 is 21.6 Å². The molecular formula is C30H36N4O5S2.